The lowest BCUT2D eigenvalue weighted by Crippen LogP contribution is -1.99. The van der Waals surface area contributed by atoms with Crippen LogP contribution < -0.4 is 11.1 Å². The Hall–Kier alpha value is -2.56. The van der Waals surface area contributed by atoms with Crippen LogP contribution >= 0.6 is 0 Å². The van der Waals surface area contributed by atoms with Gasteiger partial charge in [-0.05, 0) is 24.3 Å². The Morgan fingerprint density at radius 1 is 1.17 bits per heavy atom. The minimum Gasteiger partial charge on any atom is -0.399 e. The van der Waals surface area contributed by atoms with E-state index in [4.69, 9.17) is 10.3 Å². The molecule has 0 fully saturated rings. The maximum Gasteiger partial charge on any atom is 0.155 e. The number of nitrogens with zero attached hydrogens (tertiary/aromatic N) is 2. The fourth-order valence-electron chi connectivity index (χ4n) is 1.83. The van der Waals surface area contributed by atoms with E-state index in [1.165, 1.54) is 0 Å². The summed E-state index contributed by atoms with van der Waals surface area (Å²) in [4.78, 5) is 4.29. The Balaban J connectivity index is 1.92. The van der Waals surface area contributed by atoms with Crippen LogP contribution in [-0.2, 0) is 6.54 Å². The standard InChI is InChI=1S/C13H12N4O/c14-9-1-2-11-12(4-5-15-13(11)7-9)16-8-10-3-6-17-18-10/h1-7H,8,14H2,(H,15,16). The van der Waals surface area contributed by atoms with Crippen molar-refractivity contribution in [2.45, 2.75) is 6.54 Å². The third-order valence-electron chi connectivity index (χ3n) is 2.71. The molecule has 3 N–H and O–H groups in total. The van der Waals surface area contributed by atoms with Crippen molar-refractivity contribution in [3.63, 3.8) is 0 Å². The minimum atomic E-state index is 0.587. The molecule has 0 bridgehead atoms. The van der Waals surface area contributed by atoms with E-state index in [0.29, 0.717) is 12.2 Å². The van der Waals surface area contributed by atoms with E-state index < -0.39 is 0 Å². The largest absolute Gasteiger partial charge is 0.399 e. The van der Waals surface area contributed by atoms with Crippen molar-refractivity contribution >= 4 is 22.3 Å². The van der Waals surface area contributed by atoms with Gasteiger partial charge in [0.1, 0.15) is 0 Å². The number of fused-ring (bicyclic) bond motifs is 1. The van der Waals surface area contributed by atoms with Crippen molar-refractivity contribution in [3.05, 3.63) is 48.5 Å². The Labute approximate surface area is 104 Å². The highest BCUT2D eigenvalue weighted by atomic mass is 16.5. The average molecular weight is 240 g/mol. The van der Waals surface area contributed by atoms with Gasteiger partial charge in [0.2, 0.25) is 0 Å². The van der Waals surface area contributed by atoms with E-state index in [2.05, 4.69) is 15.5 Å². The predicted molar refractivity (Wildman–Crippen MR) is 70.0 cm³/mol. The highest BCUT2D eigenvalue weighted by Crippen LogP contribution is 2.23. The molecule has 5 nitrogen and oxygen atoms in total. The lowest BCUT2D eigenvalue weighted by molar-refractivity contribution is 0.388. The summed E-state index contributed by atoms with van der Waals surface area (Å²) >= 11 is 0. The van der Waals surface area contributed by atoms with E-state index in [0.717, 1.165) is 22.4 Å². The van der Waals surface area contributed by atoms with E-state index >= 15 is 0 Å². The van der Waals surface area contributed by atoms with E-state index in [1.54, 1.807) is 12.4 Å². The first kappa shape index (κ1) is 10.6. The molecule has 0 spiro atoms. The fourth-order valence-corrected chi connectivity index (χ4v) is 1.83. The third kappa shape index (κ3) is 1.98. The molecule has 0 radical (unpaired) electrons. The molecule has 0 aliphatic rings. The molecular weight excluding hydrogens is 228 g/mol. The molecular formula is C13H12N4O. The van der Waals surface area contributed by atoms with Gasteiger partial charge in [-0.2, -0.15) is 0 Å². The normalized spacial score (nSPS) is 10.7. The van der Waals surface area contributed by atoms with Gasteiger partial charge in [0.15, 0.2) is 5.76 Å². The summed E-state index contributed by atoms with van der Waals surface area (Å²) in [7, 11) is 0. The molecule has 0 aliphatic heterocycles. The first-order valence-corrected chi connectivity index (χ1v) is 5.60. The number of hydrogen-bond donors (Lipinski definition) is 2. The number of nitrogens with one attached hydrogen (secondary N) is 1. The Morgan fingerprint density at radius 2 is 2.11 bits per heavy atom. The fraction of sp³-hybridized carbons (Fsp3) is 0.0769. The molecule has 2 heterocycles. The van der Waals surface area contributed by atoms with Crippen molar-refractivity contribution < 1.29 is 4.52 Å². The van der Waals surface area contributed by atoms with Gasteiger partial charge in [0.05, 0.1) is 18.3 Å². The van der Waals surface area contributed by atoms with Gasteiger partial charge in [-0.3, -0.25) is 4.98 Å². The molecule has 5 heteroatoms. The molecule has 1 aromatic carbocycles. The van der Waals surface area contributed by atoms with Crippen molar-refractivity contribution in [1.29, 1.82) is 0 Å². The Kier molecular flexibility index (Phi) is 2.57. The molecule has 0 unspecified atom stereocenters. The summed E-state index contributed by atoms with van der Waals surface area (Å²) in [6.07, 6.45) is 3.38. The highest BCUT2D eigenvalue weighted by molar-refractivity contribution is 5.92. The van der Waals surface area contributed by atoms with Crippen LogP contribution in [0.3, 0.4) is 0 Å². The van der Waals surface area contributed by atoms with Crippen LogP contribution in [0, 0.1) is 0 Å². The second kappa shape index (κ2) is 4.37. The van der Waals surface area contributed by atoms with Gasteiger partial charge >= 0.3 is 0 Å². The van der Waals surface area contributed by atoms with E-state index in [-0.39, 0.29) is 0 Å². The molecule has 90 valence electrons. The Morgan fingerprint density at radius 3 is 2.94 bits per heavy atom. The molecule has 0 saturated carbocycles. The van der Waals surface area contributed by atoms with Crippen LogP contribution in [0.2, 0.25) is 0 Å². The number of hydrogen-bond acceptors (Lipinski definition) is 5. The minimum absolute atomic E-state index is 0.587. The smallest absolute Gasteiger partial charge is 0.155 e. The second-order valence-electron chi connectivity index (χ2n) is 3.97. The first-order chi connectivity index (χ1) is 8.83. The molecule has 0 aliphatic carbocycles. The number of benzene rings is 1. The van der Waals surface area contributed by atoms with Gasteiger partial charge < -0.3 is 15.6 Å². The van der Waals surface area contributed by atoms with Crippen LogP contribution in [0.5, 0.6) is 0 Å². The van der Waals surface area contributed by atoms with Crippen molar-refractivity contribution in [3.8, 4) is 0 Å². The lowest BCUT2D eigenvalue weighted by atomic mass is 10.1. The topological polar surface area (TPSA) is 77.0 Å². The maximum atomic E-state index is 5.74. The van der Waals surface area contributed by atoms with Gasteiger partial charge in [0.25, 0.3) is 0 Å². The zero-order valence-corrected chi connectivity index (χ0v) is 9.63. The number of rotatable bonds is 3. The lowest BCUT2D eigenvalue weighted by Gasteiger charge is -2.08. The van der Waals surface area contributed by atoms with Crippen LogP contribution in [0.25, 0.3) is 10.9 Å². The SMILES string of the molecule is Nc1ccc2c(NCc3ccno3)ccnc2c1. The first-order valence-electron chi connectivity index (χ1n) is 5.60. The highest BCUT2D eigenvalue weighted by Gasteiger charge is 2.03. The summed E-state index contributed by atoms with van der Waals surface area (Å²) in [6.45, 7) is 0.587. The van der Waals surface area contributed by atoms with Gasteiger partial charge in [-0.25, -0.2) is 0 Å². The van der Waals surface area contributed by atoms with Crippen molar-refractivity contribution in [1.82, 2.24) is 10.1 Å². The Bertz CT molecular complexity index is 664. The van der Waals surface area contributed by atoms with Crippen molar-refractivity contribution in [2.75, 3.05) is 11.1 Å². The van der Waals surface area contributed by atoms with Crippen molar-refractivity contribution in [2.24, 2.45) is 0 Å². The van der Waals surface area contributed by atoms with Gasteiger partial charge in [-0.1, -0.05) is 5.16 Å². The van der Waals surface area contributed by atoms with Crippen LogP contribution in [0.15, 0.2) is 47.2 Å². The number of anilines is 2. The van der Waals surface area contributed by atoms with Crippen LogP contribution in [-0.4, -0.2) is 10.1 Å². The quantitative estimate of drug-likeness (QED) is 0.687. The summed E-state index contributed by atoms with van der Waals surface area (Å²) in [5.41, 5.74) is 8.32. The molecule has 0 atom stereocenters. The summed E-state index contributed by atoms with van der Waals surface area (Å²) in [5, 5.41) is 7.99. The number of pyridine rings is 1. The molecule has 0 saturated heterocycles. The number of aromatic nitrogens is 2. The summed E-state index contributed by atoms with van der Waals surface area (Å²) in [6, 6.07) is 9.43. The monoisotopic (exact) mass is 240 g/mol. The van der Waals surface area contributed by atoms with Gasteiger partial charge in [0, 0.05) is 29.0 Å². The number of nitrogen functional groups attached to an aromatic ring is 1. The van der Waals surface area contributed by atoms with Gasteiger partial charge in [-0.15, -0.1) is 0 Å². The maximum absolute atomic E-state index is 5.74. The predicted octanol–water partition coefficient (Wildman–Crippen LogP) is 2.42. The average Bonchev–Trinajstić information content (AvgIpc) is 2.89. The van der Waals surface area contributed by atoms with E-state index in [1.807, 2.05) is 30.3 Å². The zero-order chi connectivity index (χ0) is 12.4. The molecule has 3 aromatic rings. The summed E-state index contributed by atoms with van der Waals surface area (Å²) in [5.74, 6) is 0.787. The molecule has 0 amide bonds. The molecule has 18 heavy (non-hydrogen) atoms. The molecule has 3 rings (SSSR count). The third-order valence-corrected chi connectivity index (χ3v) is 2.71. The molecule has 2 aromatic heterocycles. The van der Waals surface area contributed by atoms with E-state index in [9.17, 15) is 0 Å². The van der Waals surface area contributed by atoms with Crippen LogP contribution in [0.4, 0.5) is 11.4 Å². The van der Waals surface area contributed by atoms with Crippen LogP contribution in [0.1, 0.15) is 5.76 Å². The summed E-state index contributed by atoms with van der Waals surface area (Å²) < 4.78 is 5.04. The number of nitrogens with two attached hydrogens (primary N) is 1. The zero-order valence-electron chi connectivity index (χ0n) is 9.63. The second-order valence-corrected chi connectivity index (χ2v) is 3.97.